The summed E-state index contributed by atoms with van der Waals surface area (Å²) in [5.74, 6) is 4.63. The van der Waals surface area contributed by atoms with Gasteiger partial charge in [0.15, 0.2) is 0 Å². The van der Waals surface area contributed by atoms with Crippen molar-refractivity contribution < 1.29 is 14.1 Å². The Morgan fingerprint density at radius 2 is 1.84 bits per heavy atom. The van der Waals surface area contributed by atoms with E-state index in [0.29, 0.717) is 33.1 Å². The molecule has 2 amide bonds. The number of aliphatic hydroxyl groups excluding tert-OH is 1. The van der Waals surface area contributed by atoms with Gasteiger partial charge in [-0.3, -0.25) is 4.72 Å². The molecular weight excluding hydrogens is 532 g/mol. The van der Waals surface area contributed by atoms with Crippen molar-refractivity contribution >= 4 is 67.7 Å². The van der Waals surface area contributed by atoms with Crippen molar-refractivity contribution in [2.24, 2.45) is 0 Å². The Kier molecular flexibility index (Phi) is 8.29. The number of benzene rings is 2. The largest absolute Gasteiger partial charge is 0.394 e. The Balaban J connectivity index is 1.46. The average molecular weight is 557 g/mol. The minimum Gasteiger partial charge on any atom is -0.394 e. The maximum Gasteiger partial charge on any atom is 0.330 e. The number of nitrogens with zero attached hydrogens (tertiary/aromatic N) is 2. The Morgan fingerprint density at radius 3 is 2.49 bits per heavy atom. The van der Waals surface area contributed by atoms with Crippen molar-refractivity contribution in [1.82, 2.24) is 14.7 Å². The Hall–Kier alpha value is -3.64. The van der Waals surface area contributed by atoms with Crippen LogP contribution in [0.15, 0.2) is 77.1 Å². The molecule has 2 heterocycles. The number of urea groups is 1. The lowest BCUT2D eigenvalue weighted by Crippen LogP contribution is -2.34. The fourth-order valence-corrected chi connectivity index (χ4v) is 5.14. The lowest BCUT2D eigenvalue weighted by atomic mass is 10.2. The van der Waals surface area contributed by atoms with E-state index in [1.54, 1.807) is 66.1 Å². The number of carbonyl (C=O) groups is 1. The fraction of sp³-hybridized carbons (Fsp3) is 0.120. The van der Waals surface area contributed by atoms with E-state index in [0.717, 1.165) is 10.4 Å². The van der Waals surface area contributed by atoms with Crippen LogP contribution in [0.1, 0.15) is 6.92 Å². The van der Waals surface area contributed by atoms with Gasteiger partial charge in [-0.05, 0) is 72.8 Å². The smallest absolute Gasteiger partial charge is 0.330 e. The molecule has 0 aliphatic rings. The van der Waals surface area contributed by atoms with Gasteiger partial charge in [0.05, 0.1) is 21.9 Å². The number of nitrogens with one attached hydrogen (secondary N) is 4. The molecule has 0 saturated heterocycles. The molecule has 0 radical (unpaired) electrons. The highest BCUT2D eigenvalue weighted by Gasteiger charge is 2.14. The van der Waals surface area contributed by atoms with Crippen LogP contribution in [-0.2, 0) is 9.71 Å². The van der Waals surface area contributed by atoms with Gasteiger partial charge in [0.25, 0.3) is 0 Å². The highest BCUT2D eigenvalue weighted by Crippen LogP contribution is 2.31. The fourth-order valence-electron chi connectivity index (χ4n) is 3.23. The zero-order valence-electron chi connectivity index (χ0n) is 19.8. The van der Waals surface area contributed by atoms with Gasteiger partial charge in [-0.25, -0.2) is 14.0 Å². The molecule has 12 heteroatoms. The van der Waals surface area contributed by atoms with Crippen LogP contribution in [0.2, 0.25) is 5.02 Å². The van der Waals surface area contributed by atoms with Gasteiger partial charge in [-0.2, -0.15) is 4.98 Å². The van der Waals surface area contributed by atoms with Crippen LogP contribution in [0.3, 0.4) is 0 Å². The van der Waals surface area contributed by atoms with E-state index < -0.39 is 15.7 Å². The average Bonchev–Trinajstić information content (AvgIpc) is 3.40. The molecule has 4 aromatic rings. The van der Waals surface area contributed by atoms with Gasteiger partial charge >= 0.3 is 6.03 Å². The van der Waals surface area contributed by atoms with Gasteiger partial charge in [-0.15, -0.1) is 11.3 Å². The Labute approximate surface area is 224 Å². The second kappa shape index (κ2) is 11.6. The quantitative estimate of drug-likeness (QED) is 0.179. The summed E-state index contributed by atoms with van der Waals surface area (Å²) >= 11 is 7.42. The van der Waals surface area contributed by atoms with Crippen LogP contribution < -0.4 is 20.7 Å². The van der Waals surface area contributed by atoms with Gasteiger partial charge in [0, 0.05) is 38.4 Å². The van der Waals surface area contributed by atoms with E-state index in [4.69, 9.17) is 11.6 Å². The molecule has 192 valence electrons. The molecule has 4 rings (SSSR count). The first-order valence-corrected chi connectivity index (χ1v) is 14.1. The monoisotopic (exact) mass is 556 g/mol. The van der Waals surface area contributed by atoms with Crippen LogP contribution in [-0.4, -0.2) is 43.8 Å². The van der Waals surface area contributed by atoms with Gasteiger partial charge in [0.2, 0.25) is 5.95 Å². The summed E-state index contributed by atoms with van der Waals surface area (Å²) in [5.41, 5.74) is 1.98. The van der Waals surface area contributed by atoms with Crippen molar-refractivity contribution in [2.45, 2.75) is 17.9 Å². The predicted molar refractivity (Wildman–Crippen MR) is 152 cm³/mol. The molecular formula is C25H25ClN6O3S2. The van der Waals surface area contributed by atoms with E-state index in [1.165, 1.54) is 0 Å². The molecule has 0 bridgehead atoms. The maximum atomic E-state index is 13.1. The first kappa shape index (κ1) is 26.4. The number of halogens is 1. The molecule has 2 aromatic carbocycles. The number of amides is 2. The molecule has 0 fully saturated rings. The molecule has 0 aliphatic heterocycles. The molecule has 37 heavy (non-hydrogen) atoms. The Morgan fingerprint density at radius 1 is 1.14 bits per heavy atom. The third kappa shape index (κ3) is 6.98. The van der Waals surface area contributed by atoms with Gasteiger partial charge in [0.1, 0.15) is 5.82 Å². The zero-order valence-corrected chi connectivity index (χ0v) is 22.2. The molecule has 2 atom stereocenters. The first-order valence-electron chi connectivity index (χ1n) is 11.1. The second-order valence-electron chi connectivity index (χ2n) is 8.05. The van der Waals surface area contributed by atoms with Gasteiger partial charge < -0.3 is 21.1 Å². The summed E-state index contributed by atoms with van der Waals surface area (Å²) in [6.07, 6.45) is 1.72. The van der Waals surface area contributed by atoms with Crippen molar-refractivity contribution in [3.8, 4) is 10.4 Å². The lowest BCUT2D eigenvalue weighted by molar-refractivity contribution is 0.257. The van der Waals surface area contributed by atoms with Crippen molar-refractivity contribution in [1.29, 1.82) is 0 Å². The number of rotatable bonds is 9. The van der Waals surface area contributed by atoms with Gasteiger partial charge in [-0.1, -0.05) is 17.7 Å². The highest BCUT2D eigenvalue weighted by molar-refractivity contribution is 7.99. The van der Waals surface area contributed by atoms with Crippen LogP contribution in [0.25, 0.3) is 10.4 Å². The maximum absolute atomic E-state index is 13.1. The predicted octanol–water partition coefficient (Wildman–Crippen LogP) is 5.21. The minimum absolute atomic E-state index is 0.0474. The molecule has 0 aliphatic carbocycles. The Bertz CT molecular complexity index is 1460. The third-order valence-electron chi connectivity index (χ3n) is 5.08. The molecule has 5 N–H and O–H groups in total. The lowest BCUT2D eigenvalue weighted by Gasteiger charge is -2.16. The van der Waals surface area contributed by atoms with Crippen molar-refractivity contribution in [3.05, 3.63) is 77.3 Å². The zero-order chi connectivity index (χ0) is 26.4. The first-order chi connectivity index (χ1) is 17.7. The number of carbonyl (C=O) groups excluding carboxylic acids is 1. The SMILES string of the molecule is C=S(=O)(NC(=O)Nc1ccc(Cl)cc1)c1ccc(Nc2ncc(-c3cccs3)c(N[C@H](C)CO)n2)cc1. The van der Waals surface area contributed by atoms with Crippen molar-refractivity contribution in [2.75, 3.05) is 22.6 Å². The summed E-state index contributed by atoms with van der Waals surface area (Å²) < 4.78 is 15.5. The summed E-state index contributed by atoms with van der Waals surface area (Å²) in [6, 6.07) is 16.2. The number of anilines is 4. The van der Waals surface area contributed by atoms with Crippen LogP contribution in [0, 0.1) is 0 Å². The summed E-state index contributed by atoms with van der Waals surface area (Å²) in [4.78, 5) is 22.7. The van der Waals surface area contributed by atoms with E-state index in [9.17, 15) is 14.1 Å². The van der Waals surface area contributed by atoms with Crippen LogP contribution >= 0.6 is 22.9 Å². The van der Waals surface area contributed by atoms with E-state index in [1.807, 2.05) is 24.4 Å². The summed E-state index contributed by atoms with van der Waals surface area (Å²) in [7, 11) is -3.11. The third-order valence-corrected chi connectivity index (χ3v) is 7.79. The number of hydrogen-bond acceptors (Lipinski definition) is 8. The second-order valence-corrected chi connectivity index (χ2v) is 11.5. The number of aliphatic hydroxyl groups is 1. The number of thiophene rings is 1. The molecule has 1 unspecified atom stereocenters. The molecule has 0 saturated carbocycles. The van der Waals surface area contributed by atoms with E-state index in [2.05, 4.69) is 36.5 Å². The summed E-state index contributed by atoms with van der Waals surface area (Å²) in [6.45, 7) is 1.81. The number of hydrogen-bond donors (Lipinski definition) is 5. The van der Waals surface area contributed by atoms with E-state index >= 15 is 0 Å². The van der Waals surface area contributed by atoms with Crippen molar-refractivity contribution in [3.63, 3.8) is 0 Å². The molecule has 2 aromatic heterocycles. The minimum atomic E-state index is -3.11. The normalized spacial score (nSPS) is 13.3. The number of aromatic nitrogens is 2. The molecule has 0 spiro atoms. The molecule has 9 nitrogen and oxygen atoms in total. The van der Waals surface area contributed by atoms with E-state index in [-0.39, 0.29) is 12.6 Å². The standard InChI is InChI=1S/C25H25ClN6O3S2/c1-16(15-33)28-23-21(22-4-3-13-36-22)14-27-24(31-23)29-18-9-11-20(12-10-18)37(2,35)32-25(34)30-19-7-5-17(26)6-8-19/h3-14,16,33H,2,15H2,1H3,(H2,27,28,29,31)(H2,30,32,34,35)/t16-,37?/m1/s1. The van der Waals surface area contributed by atoms with Crippen LogP contribution in [0.5, 0.6) is 0 Å². The van der Waals surface area contributed by atoms with Crippen LogP contribution in [0.4, 0.5) is 27.9 Å². The highest BCUT2D eigenvalue weighted by atomic mass is 35.5. The summed E-state index contributed by atoms with van der Waals surface area (Å²) in [5, 5.41) is 20.9. The topological polar surface area (TPSA) is 128 Å².